The molecule has 0 aromatic rings. The van der Waals surface area contributed by atoms with Crippen LogP contribution >= 0.6 is 0 Å². The van der Waals surface area contributed by atoms with Gasteiger partial charge in [0.25, 0.3) is 0 Å². The molecule has 13 heavy (non-hydrogen) atoms. The Labute approximate surface area is 81.1 Å². The Bertz CT molecular complexity index is 106. The molecule has 0 rings (SSSR count). The topological polar surface area (TPSA) is 33.7 Å². The van der Waals surface area contributed by atoms with E-state index in [9.17, 15) is 0 Å². The van der Waals surface area contributed by atoms with E-state index >= 15 is 0 Å². The van der Waals surface area contributed by atoms with Gasteiger partial charge >= 0.3 is 0 Å². The van der Waals surface area contributed by atoms with Crippen molar-refractivity contribution in [2.45, 2.75) is 40.3 Å². The maximum atomic E-state index is 5.34. The number of hydroxylamine groups is 2. The third-order valence-corrected chi connectivity index (χ3v) is 1.59. The maximum absolute atomic E-state index is 5.34. The van der Waals surface area contributed by atoms with Gasteiger partial charge in [-0.15, -0.1) is 0 Å². The molecule has 4 heteroatoms. The molecule has 0 aliphatic rings. The number of nitrogens with zero attached hydrogens (tertiary/aromatic N) is 1. The first-order valence-electron chi connectivity index (χ1n) is 5.08. The molecular weight excluding hydrogens is 168 g/mol. The fraction of sp³-hybridized carbons (Fsp3) is 1.00. The zero-order valence-corrected chi connectivity index (χ0v) is 9.17. The third kappa shape index (κ3) is 5.21. The lowest BCUT2D eigenvalue weighted by molar-refractivity contribution is -0.389. The van der Waals surface area contributed by atoms with Crippen LogP contribution in [-0.2, 0) is 9.68 Å². The van der Waals surface area contributed by atoms with Crippen LogP contribution in [0.1, 0.15) is 34.1 Å². The van der Waals surface area contributed by atoms with Crippen molar-refractivity contribution in [3.05, 3.63) is 0 Å². The predicted octanol–water partition coefficient (Wildman–Crippen LogP) is 1.54. The Balaban J connectivity index is 3.94. The van der Waals surface area contributed by atoms with Crippen molar-refractivity contribution < 1.29 is 9.68 Å². The second-order valence-electron chi connectivity index (χ2n) is 2.60. The zero-order chi connectivity index (χ0) is 10.1. The van der Waals surface area contributed by atoms with E-state index in [0.29, 0.717) is 13.2 Å². The van der Waals surface area contributed by atoms with Gasteiger partial charge in [-0.05, 0) is 32.0 Å². The van der Waals surface area contributed by atoms with Gasteiger partial charge in [0.2, 0.25) is 0 Å². The molecule has 0 amide bonds. The summed E-state index contributed by atoms with van der Waals surface area (Å²) < 4.78 is 0. The summed E-state index contributed by atoms with van der Waals surface area (Å²) in [7, 11) is 0. The number of hydrogen-bond acceptors (Lipinski definition) is 4. The molecule has 0 aliphatic heterocycles. The molecule has 0 aromatic heterocycles. The summed E-state index contributed by atoms with van der Waals surface area (Å²) in [6.45, 7) is 10.2. The van der Waals surface area contributed by atoms with E-state index in [-0.39, 0.29) is 6.17 Å². The predicted molar refractivity (Wildman–Crippen MR) is 52.8 cm³/mol. The SMILES string of the molecule is CCNC(CC)N(OCC)OCC. The Kier molecular flexibility index (Phi) is 8.33. The molecule has 0 spiro atoms. The minimum Gasteiger partial charge on any atom is -0.298 e. The standard InChI is InChI=1S/C9H22N2O2/c1-5-9(10-6-2)11(12-7-3)13-8-4/h9-10H,5-8H2,1-4H3. The average Bonchev–Trinajstić information content (AvgIpc) is 2.14. The first-order valence-corrected chi connectivity index (χ1v) is 5.08. The zero-order valence-electron chi connectivity index (χ0n) is 9.17. The van der Waals surface area contributed by atoms with Crippen LogP contribution in [-0.4, -0.2) is 31.2 Å². The van der Waals surface area contributed by atoms with E-state index in [4.69, 9.17) is 9.68 Å². The van der Waals surface area contributed by atoms with Gasteiger partial charge in [-0.1, -0.05) is 13.8 Å². The first kappa shape index (κ1) is 12.8. The molecule has 0 saturated carbocycles. The molecule has 4 nitrogen and oxygen atoms in total. The van der Waals surface area contributed by atoms with E-state index in [0.717, 1.165) is 13.0 Å². The minimum atomic E-state index is 0.143. The Morgan fingerprint density at radius 3 is 1.92 bits per heavy atom. The van der Waals surface area contributed by atoms with Gasteiger partial charge < -0.3 is 0 Å². The van der Waals surface area contributed by atoms with Crippen molar-refractivity contribution in [3.63, 3.8) is 0 Å². The van der Waals surface area contributed by atoms with Crippen LogP contribution in [0.25, 0.3) is 0 Å². The molecule has 80 valence electrons. The van der Waals surface area contributed by atoms with Gasteiger partial charge in [-0.2, -0.15) is 0 Å². The van der Waals surface area contributed by atoms with Crippen LogP contribution in [0.5, 0.6) is 0 Å². The number of rotatable bonds is 8. The van der Waals surface area contributed by atoms with E-state index in [1.54, 1.807) is 5.23 Å². The smallest absolute Gasteiger partial charge is 0.112 e. The van der Waals surface area contributed by atoms with E-state index in [1.165, 1.54) is 0 Å². The van der Waals surface area contributed by atoms with Gasteiger partial charge in [0.15, 0.2) is 0 Å². The van der Waals surface area contributed by atoms with E-state index < -0.39 is 0 Å². The molecule has 0 saturated heterocycles. The van der Waals surface area contributed by atoms with Crippen LogP contribution in [0.3, 0.4) is 0 Å². The normalized spacial score (nSPS) is 13.6. The quantitative estimate of drug-likeness (QED) is 0.465. The highest BCUT2D eigenvalue weighted by molar-refractivity contribution is 4.54. The highest BCUT2D eigenvalue weighted by Gasteiger charge is 2.16. The minimum absolute atomic E-state index is 0.143. The van der Waals surface area contributed by atoms with Crippen molar-refractivity contribution in [1.82, 2.24) is 10.5 Å². The molecule has 1 unspecified atom stereocenters. The molecule has 0 radical (unpaired) electrons. The van der Waals surface area contributed by atoms with Crippen molar-refractivity contribution in [2.75, 3.05) is 19.8 Å². The van der Waals surface area contributed by atoms with Crippen LogP contribution in [0, 0.1) is 0 Å². The van der Waals surface area contributed by atoms with Crippen molar-refractivity contribution >= 4 is 0 Å². The Hall–Kier alpha value is -0.160. The summed E-state index contributed by atoms with van der Waals surface area (Å²) in [5, 5.41) is 4.84. The van der Waals surface area contributed by atoms with E-state index in [2.05, 4.69) is 19.2 Å². The van der Waals surface area contributed by atoms with E-state index in [1.807, 2.05) is 13.8 Å². The lowest BCUT2D eigenvalue weighted by Gasteiger charge is -2.28. The van der Waals surface area contributed by atoms with Gasteiger partial charge in [-0.25, -0.2) is 0 Å². The van der Waals surface area contributed by atoms with Crippen LogP contribution < -0.4 is 5.32 Å². The summed E-state index contributed by atoms with van der Waals surface area (Å²) >= 11 is 0. The van der Waals surface area contributed by atoms with Crippen molar-refractivity contribution in [2.24, 2.45) is 0 Å². The molecular formula is C9H22N2O2. The van der Waals surface area contributed by atoms with Crippen molar-refractivity contribution in [3.8, 4) is 0 Å². The second-order valence-corrected chi connectivity index (χ2v) is 2.60. The monoisotopic (exact) mass is 190 g/mol. The summed E-state index contributed by atoms with van der Waals surface area (Å²) in [5.74, 6) is 0. The fourth-order valence-electron chi connectivity index (χ4n) is 1.08. The second kappa shape index (κ2) is 8.44. The largest absolute Gasteiger partial charge is 0.298 e. The highest BCUT2D eigenvalue weighted by Crippen LogP contribution is 2.02. The van der Waals surface area contributed by atoms with Gasteiger partial charge in [0.05, 0.1) is 13.2 Å². The highest BCUT2D eigenvalue weighted by atomic mass is 16.9. The summed E-state index contributed by atoms with van der Waals surface area (Å²) in [4.78, 5) is 10.7. The lowest BCUT2D eigenvalue weighted by Crippen LogP contribution is -2.45. The maximum Gasteiger partial charge on any atom is 0.112 e. The van der Waals surface area contributed by atoms with Gasteiger partial charge in [-0.3, -0.25) is 15.0 Å². The van der Waals surface area contributed by atoms with Crippen LogP contribution in [0.15, 0.2) is 0 Å². The third-order valence-electron chi connectivity index (χ3n) is 1.59. The molecule has 0 heterocycles. The molecule has 0 aromatic carbocycles. The summed E-state index contributed by atoms with van der Waals surface area (Å²) in [6, 6.07) is 0. The van der Waals surface area contributed by atoms with Gasteiger partial charge in [0.1, 0.15) is 6.17 Å². The molecule has 0 bridgehead atoms. The molecule has 1 atom stereocenters. The summed E-state index contributed by atoms with van der Waals surface area (Å²) in [5.41, 5.74) is 0. The Morgan fingerprint density at radius 2 is 1.62 bits per heavy atom. The first-order chi connectivity index (χ1) is 6.29. The fourth-order valence-corrected chi connectivity index (χ4v) is 1.08. The Morgan fingerprint density at radius 1 is 1.08 bits per heavy atom. The molecule has 0 aliphatic carbocycles. The molecule has 0 fully saturated rings. The van der Waals surface area contributed by atoms with Gasteiger partial charge in [0, 0.05) is 0 Å². The number of nitrogens with one attached hydrogen (secondary N) is 1. The molecule has 1 N–H and O–H groups in total. The summed E-state index contributed by atoms with van der Waals surface area (Å²) in [6.07, 6.45) is 1.10. The number of hydrogen-bond donors (Lipinski definition) is 1. The van der Waals surface area contributed by atoms with Crippen LogP contribution in [0.4, 0.5) is 0 Å². The average molecular weight is 190 g/mol. The van der Waals surface area contributed by atoms with Crippen LogP contribution in [0.2, 0.25) is 0 Å². The van der Waals surface area contributed by atoms with Crippen molar-refractivity contribution in [1.29, 1.82) is 0 Å². The lowest BCUT2D eigenvalue weighted by atomic mass is 10.4.